The SMILES string of the molecule is COc1cc(C2C3=C(CC(C)(C)CC3=O)N(CCc3ccccc3)C3=C2C(=O)CC(C)(C)C3)cc(Cl)c1OS(=O)(=O)c1ccc(Cl)cc1. The molecule has 0 aromatic heterocycles. The van der Waals surface area contributed by atoms with Gasteiger partial charge in [0.25, 0.3) is 0 Å². The van der Waals surface area contributed by atoms with Crippen LogP contribution in [0.4, 0.5) is 0 Å². The van der Waals surface area contributed by atoms with Crippen molar-refractivity contribution in [1.82, 2.24) is 4.90 Å². The molecule has 7 nitrogen and oxygen atoms in total. The molecule has 0 bridgehead atoms. The van der Waals surface area contributed by atoms with Gasteiger partial charge in [-0.3, -0.25) is 9.59 Å². The standard InChI is InChI=1S/C38H39Cl2NO6S/c1-37(2)19-28-34(30(42)21-37)33(35-29(20-38(3,4)22-31(35)43)41(28)16-15-23-9-7-6-8-10-23)24-17-27(40)36(32(18-24)46-5)47-48(44,45)26-13-11-25(39)12-14-26/h6-14,17-18,33H,15-16,19-22H2,1-5H3. The fourth-order valence-electron chi connectivity index (χ4n) is 7.28. The smallest absolute Gasteiger partial charge is 0.339 e. The number of hydrogen-bond acceptors (Lipinski definition) is 7. The van der Waals surface area contributed by atoms with Crippen molar-refractivity contribution >= 4 is 44.9 Å². The third-order valence-electron chi connectivity index (χ3n) is 9.37. The molecule has 1 aliphatic heterocycles. The maximum absolute atomic E-state index is 14.2. The van der Waals surface area contributed by atoms with Gasteiger partial charge in [-0.15, -0.1) is 0 Å². The normalized spacial score (nSPS) is 19.3. The van der Waals surface area contributed by atoms with Crippen LogP contribution in [0.15, 0.2) is 94.2 Å². The molecule has 0 unspecified atom stereocenters. The maximum Gasteiger partial charge on any atom is 0.339 e. The number of carbonyl (C=O) groups excluding carboxylic acids is 2. The number of hydrogen-bond donors (Lipinski definition) is 0. The van der Waals surface area contributed by atoms with Gasteiger partial charge in [-0.1, -0.05) is 81.2 Å². The van der Waals surface area contributed by atoms with Crippen molar-refractivity contribution in [2.45, 2.75) is 70.6 Å². The highest BCUT2D eigenvalue weighted by Crippen LogP contribution is 2.55. The first kappa shape index (κ1) is 34.3. The summed E-state index contributed by atoms with van der Waals surface area (Å²) in [5.41, 5.74) is 4.24. The van der Waals surface area contributed by atoms with Crippen LogP contribution in [0.1, 0.15) is 70.4 Å². The molecule has 6 rings (SSSR count). The Hall–Kier alpha value is -3.59. The third kappa shape index (κ3) is 6.67. The molecule has 0 fully saturated rings. The highest BCUT2D eigenvalue weighted by Gasteiger charge is 2.49. The summed E-state index contributed by atoms with van der Waals surface area (Å²) in [6, 6.07) is 19.0. The van der Waals surface area contributed by atoms with Gasteiger partial charge in [0.15, 0.2) is 17.3 Å². The largest absolute Gasteiger partial charge is 0.493 e. The minimum atomic E-state index is -4.30. The number of rotatable bonds is 8. The topological polar surface area (TPSA) is 90.0 Å². The highest BCUT2D eigenvalue weighted by atomic mass is 35.5. The molecule has 0 spiro atoms. The number of Topliss-reactive ketones (excluding diaryl/α,β-unsaturated/α-hetero) is 2. The van der Waals surface area contributed by atoms with Crippen molar-refractivity contribution in [3.8, 4) is 11.5 Å². The van der Waals surface area contributed by atoms with Crippen LogP contribution in [0, 0.1) is 10.8 Å². The molecule has 0 amide bonds. The Kier molecular flexibility index (Phi) is 9.07. The Bertz CT molecular complexity index is 1910. The Morgan fingerprint density at radius 1 is 0.812 bits per heavy atom. The second kappa shape index (κ2) is 12.7. The van der Waals surface area contributed by atoms with E-state index in [-0.39, 0.29) is 43.8 Å². The lowest BCUT2D eigenvalue weighted by Gasteiger charge is -2.49. The van der Waals surface area contributed by atoms with Crippen molar-refractivity contribution in [3.05, 3.63) is 110 Å². The quantitative estimate of drug-likeness (QED) is 0.216. The molecule has 10 heteroatoms. The zero-order valence-electron chi connectivity index (χ0n) is 27.7. The van der Waals surface area contributed by atoms with Gasteiger partial charge in [-0.25, -0.2) is 0 Å². The van der Waals surface area contributed by atoms with Gasteiger partial charge in [0.1, 0.15) is 4.90 Å². The van der Waals surface area contributed by atoms with Crippen LogP contribution in [0.5, 0.6) is 11.5 Å². The van der Waals surface area contributed by atoms with Gasteiger partial charge in [-0.05, 0) is 77.6 Å². The molecule has 3 aromatic carbocycles. The minimum Gasteiger partial charge on any atom is -0.493 e. The molecule has 0 saturated heterocycles. The van der Waals surface area contributed by atoms with E-state index in [9.17, 15) is 18.0 Å². The molecular formula is C38H39Cl2NO6S. The molecule has 48 heavy (non-hydrogen) atoms. The molecule has 0 radical (unpaired) electrons. The van der Waals surface area contributed by atoms with Crippen LogP contribution in [0.25, 0.3) is 0 Å². The van der Waals surface area contributed by atoms with Crippen LogP contribution in [0.2, 0.25) is 10.0 Å². The van der Waals surface area contributed by atoms with E-state index in [0.29, 0.717) is 54.0 Å². The van der Waals surface area contributed by atoms with Crippen LogP contribution in [-0.4, -0.2) is 38.5 Å². The van der Waals surface area contributed by atoms with Gasteiger partial charge in [-0.2, -0.15) is 8.42 Å². The van der Waals surface area contributed by atoms with Gasteiger partial charge in [0.05, 0.1) is 12.1 Å². The fourth-order valence-corrected chi connectivity index (χ4v) is 8.67. The van der Waals surface area contributed by atoms with Crippen LogP contribution < -0.4 is 8.92 Å². The molecule has 2 aliphatic carbocycles. The summed E-state index contributed by atoms with van der Waals surface area (Å²) >= 11 is 12.8. The summed E-state index contributed by atoms with van der Waals surface area (Å²) < 4.78 is 37.6. The zero-order chi connectivity index (χ0) is 34.6. The predicted molar refractivity (Wildman–Crippen MR) is 187 cm³/mol. The molecular weight excluding hydrogens is 669 g/mol. The Morgan fingerprint density at radius 3 is 1.92 bits per heavy atom. The molecule has 0 saturated carbocycles. The number of methoxy groups -OCH3 is 1. The van der Waals surface area contributed by atoms with E-state index in [1.807, 2.05) is 18.2 Å². The summed E-state index contributed by atoms with van der Waals surface area (Å²) in [6.07, 6.45) is 2.74. The van der Waals surface area contributed by atoms with E-state index in [0.717, 1.165) is 17.8 Å². The average molecular weight is 709 g/mol. The molecule has 3 aromatic rings. The summed E-state index contributed by atoms with van der Waals surface area (Å²) in [4.78, 5) is 30.6. The summed E-state index contributed by atoms with van der Waals surface area (Å²) in [6.45, 7) is 9.04. The summed E-state index contributed by atoms with van der Waals surface area (Å²) in [5.74, 6) is -0.836. The first-order chi connectivity index (χ1) is 22.6. The lowest BCUT2D eigenvalue weighted by atomic mass is 9.63. The van der Waals surface area contributed by atoms with Gasteiger partial charge in [0.2, 0.25) is 5.75 Å². The lowest BCUT2D eigenvalue weighted by molar-refractivity contribution is -0.119. The summed E-state index contributed by atoms with van der Waals surface area (Å²) in [5, 5.41) is 0.355. The van der Waals surface area contributed by atoms with E-state index in [1.54, 1.807) is 12.1 Å². The van der Waals surface area contributed by atoms with Gasteiger partial charge >= 0.3 is 10.1 Å². The zero-order valence-corrected chi connectivity index (χ0v) is 30.1. The number of carbonyl (C=O) groups is 2. The van der Waals surface area contributed by atoms with Crippen LogP contribution in [-0.2, 0) is 26.1 Å². The van der Waals surface area contributed by atoms with Crippen molar-refractivity contribution < 1.29 is 26.9 Å². The van der Waals surface area contributed by atoms with E-state index in [4.69, 9.17) is 32.1 Å². The average Bonchev–Trinajstić information content (AvgIpc) is 3.00. The van der Waals surface area contributed by atoms with Crippen molar-refractivity contribution in [3.63, 3.8) is 0 Å². The number of benzene rings is 3. The van der Waals surface area contributed by atoms with Gasteiger partial charge in [0, 0.05) is 52.9 Å². The Labute approximate surface area is 292 Å². The number of halogens is 2. The molecule has 1 heterocycles. The summed E-state index contributed by atoms with van der Waals surface area (Å²) in [7, 11) is -2.91. The number of ether oxygens (including phenoxy) is 1. The molecule has 0 N–H and O–H groups in total. The Balaban J connectivity index is 1.50. The second-order valence-corrected chi connectivity index (χ2v) is 16.8. The monoisotopic (exact) mass is 707 g/mol. The number of nitrogens with zero attached hydrogens (tertiary/aromatic N) is 1. The van der Waals surface area contributed by atoms with Crippen LogP contribution >= 0.6 is 23.2 Å². The number of allylic oxidation sites excluding steroid dienone is 4. The second-order valence-electron chi connectivity index (χ2n) is 14.4. The first-order valence-electron chi connectivity index (χ1n) is 16.0. The van der Waals surface area contributed by atoms with Crippen LogP contribution in [0.3, 0.4) is 0 Å². The Morgan fingerprint density at radius 2 is 1.38 bits per heavy atom. The number of ketones is 2. The van der Waals surface area contributed by atoms with E-state index >= 15 is 0 Å². The van der Waals surface area contributed by atoms with E-state index in [1.165, 1.54) is 36.9 Å². The van der Waals surface area contributed by atoms with E-state index in [2.05, 4.69) is 44.7 Å². The predicted octanol–water partition coefficient (Wildman–Crippen LogP) is 8.70. The highest BCUT2D eigenvalue weighted by molar-refractivity contribution is 7.87. The first-order valence-corrected chi connectivity index (χ1v) is 18.2. The fraction of sp³-hybridized carbons (Fsp3) is 0.368. The van der Waals surface area contributed by atoms with E-state index < -0.39 is 16.0 Å². The lowest BCUT2D eigenvalue weighted by Crippen LogP contribution is -2.45. The van der Waals surface area contributed by atoms with Crippen molar-refractivity contribution in [1.29, 1.82) is 0 Å². The molecule has 0 atom stereocenters. The molecule has 252 valence electrons. The van der Waals surface area contributed by atoms with Crippen molar-refractivity contribution in [2.24, 2.45) is 10.8 Å². The third-order valence-corrected chi connectivity index (χ3v) is 11.1. The van der Waals surface area contributed by atoms with Gasteiger partial charge < -0.3 is 13.8 Å². The van der Waals surface area contributed by atoms with Crippen molar-refractivity contribution in [2.75, 3.05) is 13.7 Å². The molecule has 3 aliphatic rings. The maximum atomic E-state index is 14.2. The minimum absolute atomic E-state index is 0.0131.